The fraction of sp³-hybridized carbons (Fsp3) is 0.960. The highest BCUT2D eigenvalue weighted by atomic mass is 28.4. The van der Waals surface area contributed by atoms with Crippen molar-refractivity contribution in [3.05, 3.63) is 0 Å². The minimum absolute atomic E-state index is 0.106. The first-order chi connectivity index (χ1) is 13.7. The highest BCUT2D eigenvalue weighted by Crippen LogP contribution is 2.38. The molecule has 1 unspecified atom stereocenters. The Bertz CT molecular complexity index is 401. The summed E-state index contributed by atoms with van der Waals surface area (Å²) < 4.78 is 11.3. The van der Waals surface area contributed by atoms with Crippen LogP contribution in [0.15, 0.2) is 0 Å². The summed E-state index contributed by atoms with van der Waals surface area (Å²) in [6.07, 6.45) is 19.2. The maximum Gasteiger partial charge on any atom is 0.333 e. The van der Waals surface area contributed by atoms with Gasteiger partial charge in [-0.05, 0) is 24.6 Å². The van der Waals surface area contributed by atoms with Crippen LogP contribution >= 0.6 is 0 Å². The van der Waals surface area contributed by atoms with Crippen molar-refractivity contribution in [1.82, 2.24) is 0 Å². The molecule has 0 fully saturated rings. The topological polar surface area (TPSA) is 35.5 Å². The molecule has 0 saturated heterocycles. The molecule has 0 aliphatic heterocycles. The first-order valence-corrected chi connectivity index (χ1v) is 15.3. The highest BCUT2D eigenvalue weighted by molar-refractivity contribution is 6.74. The second-order valence-corrected chi connectivity index (χ2v) is 15.0. The van der Waals surface area contributed by atoms with E-state index in [2.05, 4.69) is 40.8 Å². The maximum atomic E-state index is 12.2. The van der Waals surface area contributed by atoms with Gasteiger partial charge in [-0.15, -0.1) is 0 Å². The van der Waals surface area contributed by atoms with Crippen LogP contribution in [0.5, 0.6) is 0 Å². The van der Waals surface area contributed by atoms with Gasteiger partial charge in [-0.1, -0.05) is 118 Å². The molecule has 0 heterocycles. The standard InChI is InChI=1S/C25H52O3Si/c1-8-9-10-11-12-13-14-15-16-17-18-19-20-21-22-23(24(26)27-5)28-29(6,7)25(2,3)4/h23H,8-22H2,1-7H3. The van der Waals surface area contributed by atoms with Crippen LogP contribution in [0.2, 0.25) is 18.1 Å². The third-order valence-electron chi connectivity index (χ3n) is 6.53. The van der Waals surface area contributed by atoms with Gasteiger partial charge in [0.1, 0.15) is 6.10 Å². The Morgan fingerprint density at radius 3 is 1.48 bits per heavy atom. The molecule has 0 aliphatic carbocycles. The van der Waals surface area contributed by atoms with E-state index in [0.717, 1.165) is 12.8 Å². The Morgan fingerprint density at radius 2 is 1.14 bits per heavy atom. The third-order valence-corrected chi connectivity index (χ3v) is 11.0. The van der Waals surface area contributed by atoms with Crippen LogP contribution in [0.3, 0.4) is 0 Å². The van der Waals surface area contributed by atoms with Gasteiger partial charge in [-0.25, -0.2) is 4.79 Å². The molecule has 0 aliphatic rings. The molecule has 0 N–H and O–H groups in total. The van der Waals surface area contributed by atoms with Crippen molar-refractivity contribution in [1.29, 1.82) is 0 Å². The molecule has 1 atom stereocenters. The predicted molar refractivity (Wildman–Crippen MR) is 129 cm³/mol. The van der Waals surface area contributed by atoms with Crippen LogP contribution in [-0.2, 0) is 14.0 Å². The van der Waals surface area contributed by atoms with Crippen molar-refractivity contribution >= 4 is 14.3 Å². The quantitative estimate of drug-likeness (QED) is 0.125. The van der Waals surface area contributed by atoms with E-state index in [4.69, 9.17) is 9.16 Å². The summed E-state index contributed by atoms with van der Waals surface area (Å²) in [5.41, 5.74) is 0. The van der Waals surface area contributed by atoms with Crippen LogP contribution in [0.4, 0.5) is 0 Å². The molecule has 0 rings (SSSR count). The molecule has 0 aromatic rings. The molecule has 29 heavy (non-hydrogen) atoms. The zero-order valence-electron chi connectivity index (χ0n) is 20.9. The lowest BCUT2D eigenvalue weighted by Gasteiger charge is -2.38. The second-order valence-electron chi connectivity index (χ2n) is 10.3. The van der Waals surface area contributed by atoms with Gasteiger partial charge in [-0.2, -0.15) is 0 Å². The van der Waals surface area contributed by atoms with Crippen LogP contribution in [0, 0.1) is 0 Å². The van der Waals surface area contributed by atoms with Gasteiger partial charge in [0.2, 0.25) is 0 Å². The van der Waals surface area contributed by atoms with Crippen molar-refractivity contribution in [3.63, 3.8) is 0 Å². The molecule has 4 heteroatoms. The van der Waals surface area contributed by atoms with Gasteiger partial charge < -0.3 is 9.16 Å². The monoisotopic (exact) mass is 428 g/mol. The van der Waals surface area contributed by atoms with E-state index in [0.29, 0.717) is 0 Å². The Kier molecular flexibility index (Phi) is 16.2. The van der Waals surface area contributed by atoms with Crippen molar-refractivity contribution in [2.45, 2.75) is 148 Å². The van der Waals surface area contributed by atoms with Crippen molar-refractivity contribution in [3.8, 4) is 0 Å². The number of ether oxygens (including phenoxy) is 1. The van der Waals surface area contributed by atoms with E-state index >= 15 is 0 Å². The number of hydrogen-bond acceptors (Lipinski definition) is 3. The van der Waals surface area contributed by atoms with E-state index in [-0.39, 0.29) is 11.0 Å². The number of carbonyl (C=O) groups is 1. The summed E-state index contributed by atoms with van der Waals surface area (Å²) in [5, 5.41) is 0.106. The van der Waals surface area contributed by atoms with Crippen LogP contribution < -0.4 is 0 Å². The maximum absolute atomic E-state index is 12.2. The molecular formula is C25H52O3Si. The Morgan fingerprint density at radius 1 is 0.759 bits per heavy atom. The zero-order chi connectivity index (χ0) is 22.2. The van der Waals surface area contributed by atoms with Crippen molar-refractivity contribution < 1.29 is 14.0 Å². The van der Waals surface area contributed by atoms with E-state index in [1.54, 1.807) is 0 Å². The first kappa shape index (κ1) is 28.6. The molecular weight excluding hydrogens is 376 g/mol. The normalized spacial score (nSPS) is 13.5. The number of carbonyl (C=O) groups excluding carboxylic acids is 1. The molecule has 174 valence electrons. The fourth-order valence-electron chi connectivity index (χ4n) is 3.41. The average Bonchev–Trinajstić information content (AvgIpc) is 2.65. The fourth-order valence-corrected chi connectivity index (χ4v) is 4.69. The third kappa shape index (κ3) is 14.3. The highest BCUT2D eigenvalue weighted by Gasteiger charge is 2.40. The van der Waals surface area contributed by atoms with E-state index in [9.17, 15) is 4.79 Å². The lowest BCUT2D eigenvalue weighted by Crippen LogP contribution is -2.46. The molecule has 0 aromatic heterocycles. The number of unbranched alkanes of at least 4 members (excludes halogenated alkanes) is 13. The zero-order valence-corrected chi connectivity index (χ0v) is 21.9. The summed E-state index contributed by atoms with van der Waals surface area (Å²) in [6.45, 7) is 13.3. The SMILES string of the molecule is CCCCCCCCCCCCCCCCC(O[Si](C)(C)C(C)(C)C)C(=O)OC. The van der Waals surface area contributed by atoms with Gasteiger partial charge >= 0.3 is 5.97 Å². The van der Waals surface area contributed by atoms with Gasteiger partial charge in [0.05, 0.1) is 7.11 Å². The molecule has 0 radical (unpaired) electrons. The van der Waals surface area contributed by atoms with E-state index < -0.39 is 14.4 Å². The molecule has 0 bridgehead atoms. The Hall–Kier alpha value is -0.353. The first-order valence-electron chi connectivity index (χ1n) is 12.4. The largest absolute Gasteiger partial charge is 0.467 e. The number of esters is 1. The van der Waals surface area contributed by atoms with Crippen LogP contribution in [-0.4, -0.2) is 27.5 Å². The van der Waals surface area contributed by atoms with Crippen molar-refractivity contribution in [2.24, 2.45) is 0 Å². The minimum Gasteiger partial charge on any atom is -0.467 e. The second kappa shape index (κ2) is 16.4. The lowest BCUT2D eigenvalue weighted by atomic mass is 10.0. The van der Waals surface area contributed by atoms with Gasteiger partial charge in [0.25, 0.3) is 0 Å². The van der Waals surface area contributed by atoms with E-state index in [1.165, 1.54) is 90.6 Å². The molecule has 0 spiro atoms. The van der Waals surface area contributed by atoms with Gasteiger partial charge in [-0.3, -0.25) is 0 Å². The molecule has 0 amide bonds. The smallest absolute Gasteiger partial charge is 0.333 e. The van der Waals surface area contributed by atoms with Crippen LogP contribution in [0.25, 0.3) is 0 Å². The van der Waals surface area contributed by atoms with E-state index in [1.807, 2.05) is 0 Å². The van der Waals surface area contributed by atoms with Gasteiger partial charge in [0, 0.05) is 0 Å². The Balaban J connectivity index is 3.80. The number of hydrogen-bond donors (Lipinski definition) is 0. The number of methoxy groups -OCH3 is 1. The number of rotatable bonds is 18. The molecule has 0 aromatic carbocycles. The predicted octanol–water partition coefficient (Wildman–Crippen LogP) is 8.42. The Labute approximate surface area is 183 Å². The minimum atomic E-state index is -1.95. The molecule has 3 nitrogen and oxygen atoms in total. The summed E-state index contributed by atoms with van der Waals surface area (Å²) in [4.78, 5) is 12.2. The average molecular weight is 429 g/mol. The summed E-state index contributed by atoms with van der Waals surface area (Å²) in [6, 6.07) is 0. The van der Waals surface area contributed by atoms with Crippen LogP contribution in [0.1, 0.15) is 124 Å². The van der Waals surface area contributed by atoms with Gasteiger partial charge in [0.15, 0.2) is 8.32 Å². The van der Waals surface area contributed by atoms with Crippen molar-refractivity contribution in [2.75, 3.05) is 7.11 Å². The lowest BCUT2D eigenvalue weighted by molar-refractivity contribution is -0.149. The summed E-state index contributed by atoms with van der Waals surface area (Å²) in [5.74, 6) is -0.204. The summed E-state index contributed by atoms with van der Waals surface area (Å²) in [7, 11) is -0.487. The summed E-state index contributed by atoms with van der Waals surface area (Å²) >= 11 is 0. The molecule has 0 saturated carbocycles.